The van der Waals surface area contributed by atoms with Crippen LogP contribution in [0.5, 0.6) is 5.75 Å². The highest BCUT2D eigenvalue weighted by molar-refractivity contribution is 7.89. The van der Waals surface area contributed by atoms with Gasteiger partial charge in [0.25, 0.3) is 0 Å². The first kappa shape index (κ1) is 26.0. The van der Waals surface area contributed by atoms with Crippen molar-refractivity contribution in [2.75, 3.05) is 25.1 Å². The fourth-order valence-electron chi connectivity index (χ4n) is 3.78. The number of amides is 1. The van der Waals surface area contributed by atoms with E-state index in [0.717, 1.165) is 4.31 Å². The van der Waals surface area contributed by atoms with E-state index in [-0.39, 0.29) is 18.0 Å². The number of carbonyl (C=O) groups is 2. The van der Waals surface area contributed by atoms with Crippen LogP contribution in [0.3, 0.4) is 0 Å². The molecule has 1 amide bonds. The molecule has 1 heterocycles. The quantitative estimate of drug-likeness (QED) is 0.411. The molecule has 4 rings (SSSR count). The lowest BCUT2D eigenvalue weighted by molar-refractivity contribution is -0.148. The van der Waals surface area contributed by atoms with Gasteiger partial charge in [0.1, 0.15) is 5.75 Å². The van der Waals surface area contributed by atoms with Crippen molar-refractivity contribution in [3.05, 3.63) is 88.4 Å². The molecule has 0 N–H and O–H groups in total. The molecular weight excluding hydrogens is 527 g/mol. The Morgan fingerprint density at radius 3 is 2.44 bits per heavy atom. The third-order valence-electron chi connectivity index (χ3n) is 5.55. The Morgan fingerprint density at radius 1 is 1.03 bits per heavy atom. The van der Waals surface area contributed by atoms with Gasteiger partial charge in [-0.3, -0.25) is 4.79 Å². The number of rotatable bonds is 7. The van der Waals surface area contributed by atoms with Gasteiger partial charge in [0.05, 0.1) is 30.8 Å². The van der Waals surface area contributed by atoms with Gasteiger partial charge >= 0.3 is 5.97 Å². The number of sulfonamides is 1. The van der Waals surface area contributed by atoms with Crippen LogP contribution in [0, 0.1) is 0 Å². The lowest BCUT2D eigenvalue weighted by Gasteiger charge is -2.34. The standard InChI is InChI=1S/C25H22Cl2N2O6S/c1-34-25(31)23-15-29(21-7-2-3-8-22(21)35-23)24(30)16-28(14-17-5-4-6-19(27)13-17)36(32,33)20-11-9-18(26)10-12-20/h2-13,23H,14-16H2,1H3/t23-/m1/s1. The van der Waals surface area contributed by atoms with E-state index < -0.39 is 34.5 Å². The van der Waals surface area contributed by atoms with Crippen LogP contribution in [-0.2, 0) is 30.9 Å². The molecule has 188 valence electrons. The number of ether oxygens (including phenoxy) is 2. The van der Waals surface area contributed by atoms with Gasteiger partial charge in [0, 0.05) is 16.6 Å². The summed E-state index contributed by atoms with van der Waals surface area (Å²) < 4.78 is 38.8. The summed E-state index contributed by atoms with van der Waals surface area (Å²) in [6.07, 6.45) is -1.05. The van der Waals surface area contributed by atoms with E-state index in [1.165, 1.54) is 36.3 Å². The molecule has 0 saturated carbocycles. The number of hydrogen-bond donors (Lipinski definition) is 0. The van der Waals surface area contributed by atoms with E-state index in [1.54, 1.807) is 48.5 Å². The monoisotopic (exact) mass is 548 g/mol. The minimum absolute atomic E-state index is 0.0171. The second-order valence-electron chi connectivity index (χ2n) is 7.96. The number of methoxy groups -OCH3 is 1. The molecule has 1 atom stereocenters. The smallest absolute Gasteiger partial charge is 0.348 e. The summed E-state index contributed by atoms with van der Waals surface area (Å²) in [5, 5.41) is 0.816. The summed E-state index contributed by atoms with van der Waals surface area (Å²) in [5.74, 6) is -0.874. The average molecular weight is 549 g/mol. The lowest BCUT2D eigenvalue weighted by atomic mass is 10.2. The normalized spacial score (nSPS) is 15.2. The number of hydrogen-bond acceptors (Lipinski definition) is 6. The van der Waals surface area contributed by atoms with Gasteiger partial charge < -0.3 is 14.4 Å². The summed E-state index contributed by atoms with van der Waals surface area (Å²) >= 11 is 12.0. The zero-order chi connectivity index (χ0) is 25.9. The van der Waals surface area contributed by atoms with Gasteiger partial charge in [-0.25, -0.2) is 13.2 Å². The maximum Gasteiger partial charge on any atom is 0.348 e. The maximum absolute atomic E-state index is 13.6. The minimum Gasteiger partial charge on any atom is -0.475 e. The van der Waals surface area contributed by atoms with E-state index in [0.29, 0.717) is 27.0 Å². The molecule has 8 nitrogen and oxygen atoms in total. The summed E-state index contributed by atoms with van der Waals surface area (Å²) in [4.78, 5) is 27.1. The SMILES string of the molecule is COC(=O)[C@H]1CN(C(=O)CN(Cc2cccc(Cl)c2)S(=O)(=O)c2ccc(Cl)cc2)c2ccccc2O1. The van der Waals surface area contributed by atoms with Crippen LogP contribution in [0.4, 0.5) is 5.69 Å². The van der Waals surface area contributed by atoms with Gasteiger partial charge in [-0.1, -0.05) is 47.5 Å². The Morgan fingerprint density at radius 2 is 1.75 bits per heavy atom. The molecule has 0 spiro atoms. The van der Waals surface area contributed by atoms with Crippen LogP contribution in [0.15, 0.2) is 77.7 Å². The third-order valence-corrected chi connectivity index (χ3v) is 7.84. The Labute approximate surface area is 219 Å². The van der Waals surface area contributed by atoms with Crippen molar-refractivity contribution in [2.24, 2.45) is 0 Å². The summed E-state index contributed by atoms with van der Waals surface area (Å²) in [7, 11) is -2.89. The third kappa shape index (κ3) is 5.65. The molecule has 0 fully saturated rings. The number of nitrogens with zero attached hydrogens (tertiary/aromatic N) is 2. The summed E-state index contributed by atoms with van der Waals surface area (Å²) in [5.41, 5.74) is 1.02. The zero-order valence-electron chi connectivity index (χ0n) is 19.1. The van der Waals surface area contributed by atoms with Crippen LogP contribution >= 0.6 is 23.2 Å². The summed E-state index contributed by atoms with van der Waals surface area (Å²) in [6.45, 7) is -0.738. The van der Waals surface area contributed by atoms with E-state index in [9.17, 15) is 18.0 Å². The van der Waals surface area contributed by atoms with Crippen LogP contribution in [0.1, 0.15) is 5.56 Å². The topological polar surface area (TPSA) is 93.2 Å². The van der Waals surface area contributed by atoms with Crippen LogP contribution < -0.4 is 9.64 Å². The van der Waals surface area contributed by atoms with Crippen molar-refractivity contribution in [1.82, 2.24) is 4.31 Å². The second kappa shape index (κ2) is 10.9. The lowest BCUT2D eigenvalue weighted by Crippen LogP contribution is -2.50. The average Bonchev–Trinajstić information content (AvgIpc) is 2.87. The van der Waals surface area contributed by atoms with Gasteiger partial charge in [0.2, 0.25) is 22.0 Å². The minimum atomic E-state index is -4.11. The molecule has 3 aromatic rings. The van der Waals surface area contributed by atoms with Gasteiger partial charge in [-0.05, 0) is 54.1 Å². The van der Waals surface area contributed by atoms with Gasteiger partial charge in [-0.2, -0.15) is 4.31 Å². The fourth-order valence-corrected chi connectivity index (χ4v) is 5.50. The molecule has 0 bridgehead atoms. The summed E-state index contributed by atoms with van der Waals surface area (Å²) in [6, 6.07) is 19.1. The van der Waals surface area contributed by atoms with Crippen LogP contribution in [0.2, 0.25) is 10.0 Å². The maximum atomic E-state index is 13.6. The van der Waals surface area contributed by atoms with Crippen molar-refractivity contribution >= 4 is 50.8 Å². The van der Waals surface area contributed by atoms with Gasteiger partial charge in [0.15, 0.2) is 0 Å². The highest BCUT2D eigenvalue weighted by atomic mass is 35.5. The Balaban J connectivity index is 1.69. The molecule has 1 aliphatic rings. The van der Waals surface area contributed by atoms with Crippen LogP contribution in [-0.4, -0.2) is 50.9 Å². The van der Waals surface area contributed by atoms with Crippen molar-refractivity contribution in [1.29, 1.82) is 0 Å². The van der Waals surface area contributed by atoms with Crippen molar-refractivity contribution in [3.8, 4) is 5.75 Å². The number of benzene rings is 3. The highest BCUT2D eigenvalue weighted by Gasteiger charge is 2.36. The molecule has 0 radical (unpaired) electrons. The van der Waals surface area contributed by atoms with Crippen molar-refractivity contribution < 1.29 is 27.5 Å². The van der Waals surface area contributed by atoms with E-state index >= 15 is 0 Å². The first-order valence-corrected chi connectivity index (χ1v) is 13.0. The van der Waals surface area contributed by atoms with E-state index in [2.05, 4.69) is 0 Å². The van der Waals surface area contributed by atoms with Crippen molar-refractivity contribution in [2.45, 2.75) is 17.5 Å². The molecule has 3 aromatic carbocycles. The molecule has 0 saturated heterocycles. The van der Waals surface area contributed by atoms with E-state index in [1.807, 2.05) is 0 Å². The predicted molar refractivity (Wildman–Crippen MR) is 136 cm³/mol. The first-order valence-electron chi connectivity index (χ1n) is 10.8. The predicted octanol–water partition coefficient (Wildman–Crippen LogP) is 4.15. The van der Waals surface area contributed by atoms with Crippen molar-refractivity contribution in [3.63, 3.8) is 0 Å². The second-order valence-corrected chi connectivity index (χ2v) is 10.8. The number of anilines is 1. The molecule has 0 unspecified atom stereocenters. The van der Waals surface area contributed by atoms with Crippen LogP contribution in [0.25, 0.3) is 0 Å². The van der Waals surface area contributed by atoms with Gasteiger partial charge in [-0.15, -0.1) is 0 Å². The highest BCUT2D eigenvalue weighted by Crippen LogP contribution is 2.34. The molecule has 1 aliphatic heterocycles. The number of fused-ring (bicyclic) bond motifs is 1. The largest absolute Gasteiger partial charge is 0.475 e. The molecular formula is C25H22Cl2N2O6S. The Kier molecular flexibility index (Phi) is 7.85. The molecule has 0 aliphatic carbocycles. The number of esters is 1. The zero-order valence-corrected chi connectivity index (χ0v) is 21.5. The Bertz CT molecular complexity index is 1380. The number of para-hydroxylation sites is 2. The van der Waals surface area contributed by atoms with E-state index in [4.69, 9.17) is 32.7 Å². The molecule has 11 heteroatoms. The first-order chi connectivity index (χ1) is 17.2. The number of halogens is 2. The Hall–Kier alpha value is -3.11. The molecule has 0 aromatic heterocycles. The fraction of sp³-hybridized carbons (Fsp3) is 0.200. The number of carbonyl (C=O) groups excluding carboxylic acids is 2. The molecule has 36 heavy (non-hydrogen) atoms.